The van der Waals surface area contributed by atoms with Gasteiger partial charge in [0.05, 0.1) is 12.3 Å². The highest BCUT2D eigenvalue weighted by atomic mass is 32.1. The van der Waals surface area contributed by atoms with Crippen LogP contribution in [0.1, 0.15) is 23.6 Å². The lowest BCUT2D eigenvalue weighted by molar-refractivity contribution is 0.204. The van der Waals surface area contributed by atoms with Gasteiger partial charge in [-0.2, -0.15) is 5.10 Å². The molecule has 0 aromatic heterocycles. The fraction of sp³-hybridized carbons (Fsp3) is 0.263. The first-order valence-electron chi connectivity index (χ1n) is 7.97. The van der Waals surface area contributed by atoms with E-state index in [-0.39, 0.29) is 0 Å². The van der Waals surface area contributed by atoms with Gasteiger partial charge >= 0.3 is 0 Å². The first-order valence-corrected chi connectivity index (χ1v) is 8.38. The van der Waals surface area contributed by atoms with Gasteiger partial charge in [-0.25, -0.2) is 0 Å². The van der Waals surface area contributed by atoms with Crippen molar-refractivity contribution in [3.05, 3.63) is 59.2 Å². The molecule has 0 fully saturated rings. The summed E-state index contributed by atoms with van der Waals surface area (Å²) < 4.78 is 4.97. The van der Waals surface area contributed by atoms with Crippen molar-refractivity contribution in [3.8, 4) is 11.1 Å². The van der Waals surface area contributed by atoms with E-state index in [9.17, 15) is 0 Å². The summed E-state index contributed by atoms with van der Waals surface area (Å²) in [6.45, 7) is 3.25. The Balaban J connectivity index is 1.69. The van der Waals surface area contributed by atoms with Crippen LogP contribution in [0.3, 0.4) is 0 Å². The Morgan fingerprint density at radius 3 is 2.79 bits per heavy atom. The van der Waals surface area contributed by atoms with Crippen LogP contribution >= 0.6 is 12.2 Å². The van der Waals surface area contributed by atoms with E-state index in [1.165, 1.54) is 22.3 Å². The minimum Gasteiger partial charge on any atom is -0.383 e. The largest absolute Gasteiger partial charge is 0.383 e. The molecule has 0 aliphatic heterocycles. The molecule has 1 aliphatic rings. The summed E-state index contributed by atoms with van der Waals surface area (Å²) in [4.78, 5) is 0. The van der Waals surface area contributed by atoms with Gasteiger partial charge in [-0.3, -0.25) is 5.43 Å². The van der Waals surface area contributed by atoms with E-state index in [4.69, 9.17) is 17.0 Å². The number of nitrogens with one attached hydrogen (secondary N) is 2. The van der Waals surface area contributed by atoms with Crippen molar-refractivity contribution in [2.24, 2.45) is 5.10 Å². The molecule has 2 aromatic rings. The maximum atomic E-state index is 5.18. The van der Waals surface area contributed by atoms with Gasteiger partial charge in [-0.15, -0.1) is 0 Å². The van der Waals surface area contributed by atoms with Crippen LogP contribution in [0.5, 0.6) is 0 Å². The fourth-order valence-electron chi connectivity index (χ4n) is 2.88. The standard InChI is InChI=1S/C19H21N3OS/c1-13(21-22-19(24)20-9-10-23-2)14-7-8-18-16(11-14)12-15-5-3-4-6-17(15)18/h3-8,11H,9-10,12H2,1-2H3,(H2,20,22,24)/b21-13+. The van der Waals surface area contributed by atoms with Crippen molar-refractivity contribution in [1.82, 2.24) is 10.7 Å². The van der Waals surface area contributed by atoms with Crippen LogP contribution in [0.25, 0.3) is 11.1 Å². The van der Waals surface area contributed by atoms with Gasteiger partial charge in [0, 0.05) is 13.7 Å². The van der Waals surface area contributed by atoms with Gasteiger partial charge in [0.1, 0.15) is 0 Å². The number of thiocarbonyl (C=S) groups is 1. The third kappa shape index (κ3) is 3.63. The summed E-state index contributed by atoms with van der Waals surface area (Å²) in [5.74, 6) is 0. The first-order chi connectivity index (χ1) is 11.7. The molecule has 0 heterocycles. The summed E-state index contributed by atoms with van der Waals surface area (Å²) in [5, 5.41) is 7.90. The zero-order chi connectivity index (χ0) is 16.9. The maximum absolute atomic E-state index is 5.18. The second kappa shape index (κ2) is 7.55. The number of ether oxygens (including phenoxy) is 1. The molecule has 0 unspecified atom stereocenters. The Hall–Kier alpha value is -2.24. The highest BCUT2D eigenvalue weighted by Crippen LogP contribution is 2.36. The van der Waals surface area contributed by atoms with Crippen LogP contribution in [0, 0.1) is 0 Å². The number of hydrazone groups is 1. The molecular formula is C19H21N3OS. The maximum Gasteiger partial charge on any atom is 0.187 e. The second-order valence-corrected chi connectivity index (χ2v) is 6.17. The summed E-state index contributed by atoms with van der Waals surface area (Å²) in [7, 11) is 1.66. The summed E-state index contributed by atoms with van der Waals surface area (Å²) in [5.41, 5.74) is 10.3. The molecule has 5 heteroatoms. The van der Waals surface area contributed by atoms with Crippen molar-refractivity contribution in [2.75, 3.05) is 20.3 Å². The molecule has 124 valence electrons. The molecule has 0 amide bonds. The van der Waals surface area contributed by atoms with Gasteiger partial charge < -0.3 is 10.1 Å². The number of rotatable bonds is 5. The number of benzene rings is 2. The van der Waals surface area contributed by atoms with Crippen molar-refractivity contribution in [2.45, 2.75) is 13.3 Å². The second-order valence-electron chi connectivity index (χ2n) is 5.76. The minimum absolute atomic E-state index is 0.500. The van der Waals surface area contributed by atoms with E-state index in [2.05, 4.69) is 58.3 Å². The zero-order valence-corrected chi connectivity index (χ0v) is 14.7. The Bertz CT molecular complexity index is 786. The van der Waals surface area contributed by atoms with E-state index in [0.29, 0.717) is 18.3 Å². The molecule has 24 heavy (non-hydrogen) atoms. The third-order valence-corrected chi connectivity index (χ3v) is 4.36. The number of methoxy groups -OCH3 is 1. The summed E-state index contributed by atoms with van der Waals surface area (Å²) in [6.07, 6.45) is 0.983. The van der Waals surface area contributed by atoms with Crippen molar-refractivity contribution < 1.29 is 4.74 Å². The molecule has 0 saturated heterocycles. The molecule has 3 rings (SSSR count). The SMILES string of the molecule is COCCNC(=S)N/N=C(\C)c1ccc2c(c1)Cc1ccccc1-2. The molecule has 2 N–H and O–H groups in total. The quantitative estimate of drug-likeness (QED) is 0.324. The Kier molecular flexibility index (Phi) is 5.23. The van der Waals surface area contributed by atoms with Crippen molar-refractivity contribution in [3.63, 3.8) is 0 Å². The van der Waals surface area contributed by atoms with Crippen molar-refractivity contribution >= 4 is 23.0 Å². The van der Waals surface area contributed by atoms with Crippen LogP contribution in [0.2, 0.25) is 0 Å². The third-order valence-electron chi connectivity index (χ3n) is 4.13. The lowest BCUT2D eigenvalue weighted by atomic mass is 10.0. The summed E-state index contributed by atoms with van der Waals surface area (Å²) >= 11 is 5.18. The Morgan fingerprint density at radius 1 is 1.17 bits per heavy atom. The zero-order valence-electron chi connectivity index (χ0n) is 13.9. The smallest absolute Gasteiger partial charge is 0.187 e. The Morgan fingerprint density at radius 2 is 1.96 bits per heavy atom. The molecule has 0 bridgehead atoms. The van der Waals surface area contributed by atoms with E-state index >= 15 is 0 Å². The average Bonchev–Trinajstić information content (AvgIpc) is 2.97. The normalized spacial score (nSPS) is 12.5. The van der Waals surface area contributed by atoms with Crippen LogP contribution < -0.4 is 10.7 Å². The highest BCUT2D eigenvalue weighted by molar-refractivity contribution is 7.80. The first kappa shape index (κ1) is 16.6. The molecule has 0 atom stereocenters. The average molecular weight is 339 g/mol. The molecule has 1 aliphatic carbocycles. The van der Waals surface area contributed by atoms with Gasteiger partial charge in [-0.05, 0) is 59.4 Å². The van der Waals surface area contributed by atoms with Crippen LogP contribution in [0.4, 0.5) is 0 Å². The predicted octanol–water partition coefficient (Wildman–Crippen LogP) is 3.09. The van der Waals surface area contributed by atoms with Gasteiger partial charge in [0.15, 0.2) is 5.11 Å². The van der Waals surface area contributed by atoms with Crippen LogP contribution in [-0.4, -0.2) is 31.1 Å². The minimum atomic E-state index is 0.500. The van der Waals surface area contributed by atoms with E-state index in [0.717, 1.165) is 17.7 Å². The fourth-order valence-corrected chi connectivity index (χ4v) is 3.02. The lowest BCUT2D eigenvalue weighted by Gasteiger charge is -2.08. The molecule has 0 radical (unpaired) electrons. The van der Waals surface area contributed by atoms with E-state index in [1.54, 1.807) is 7.11 Å². The summed E-state index contributed by atoms with van der Waals surface area (Å²) in [6, 6.07) is 15.1. The highest BCUT2D eigenvalue weighted by Gasteiger charge is 2.18. The van der Waals surface area contributed by atoms with Crippen LogP contribution in [0.15, 0.2) is 47.6 Å². The predicted molar refractivity (Wildman–Crippen MR) is 103 cm³/mol. The molecular weight excluding hydrogens is 318 g/mol. The van der Waals surface area contributed by atoms with Crippen molar-refractivity contribution in [1.29, 1.82) is 0 Å². The number of hydrogen-bond donors (Lipinski definition) is 2. The molecule has 0 saturated carbocycles. The monoisotopic (exact) mass is 339 g/mol. The number of fused-ring (bicyclic) bond motifs is 3. The number of hydrogen-bond acceptors (Lipinski definition) is 3. The van der Waals surface area contributed by atoms with Gasteiger partial charge in [0.25, 0.3) is 0 Å². The van der Waals surface area contributed by atoms with E-state index < -0.39 is 0 Å². The Labute approximate surface area is 147 Å². The van der Waals surface area contributed by atoms with Gasteiger partial charge in [0.2, 0.25) is 0 Å². The topological polar surface area (TPSA) is 45.6 Å². The molecule has 2 aromatic carbocycles. The lowest BCUT2D eigenvalue weighted by Crippen LogP contribution is -2.34. The van der Waals surface area contributed by atoms with Gasteiger partial charge in [-0.1, -0.05) is 36.4 Å². The van der Waals surface area contributed by atoms with E-state index in [1.807, 2.05) is 6.92 Å². The van der Waals surface area contributed by atoms with Crippen LogP contribution in [-0.2, 0) is 11.2 Å². The number of nitrogens with zero attached hydrogens (tertiary/aromatic N) is 1. The molecule has 4 nitrogen and oxygen atoms in total. The molecule has 0 spiro atoms.